The minimum absolute atomic E-state index is 0. The molecular weight excluding hydrogens is 321 g/mol. The fourth-order valence-electron chi connectivity index (χ4n) is 0.696. The molecule has 0 saturated heterocycles. The summed E-state index contributed by atoms with van der Waals surface area (Å²) in [6, 6.07) is 0. The second kappa shape index (κ2) is 6.43. The Bertz CT molecular complexity index is 233. The molecule has 0 aliphatic heterocycles. The van der Waals surface area contributed by atoms with Gasteiger partial charge in [0.25, 0.3) is 0 Å². The fraction of sp³-hybridized carbons (Fsp3) is 0.500. The molecule has 0 bridgehead atoms. The van der Waals surface area contributed by atoms with Crippen molar-refractivity contribution in [2.75, 3.05) is 0 Å². The maximum Gasteiger partial charge on any atom is 2.00 e. The Hall–Kier alpha value is -0.0586. The minimum atomic E-state index is -2.91. The molecule has 7 nitrogen and oxygen atoms in total. The summed E-state index contributed by atoms with van der Waals surface area (Å²) in [5.41, 5.74) is -2.91. The summed E-state index contributed by atoms with van der Waals surface area (Å²) in [6.45, 7) is 0. The van der Waals surface area contributed by atoms with Crippen LogP contribution < -0.4 is 10.2 Å². The van der Waals surface area contributed by atoms with E-state index in [1.165, 1.54) is 0 Å². The zero-order chi connectivity index (χ0) is 10.6. The number of aliphatic carboxylic acids is 3. The van der Waals surface area contributed by atoms with E-state index in [1.807, 2.05) is 0 Å². The van der Waals surface area contributed by atoms with Gasteiger partial charge in [0.15, 0.2) is 0 Å². The van der Waals surface area contributed by atoms with Gasteiger partial charge in [0.2, 0.25) is 0 Å². The summed E-state index contributed by atoms with van der Waals surface area (Å²) < 4.78 is 0. The van der Waals surface area contributed by atoms with Crippen molar-refractivity contribution in [1.82, 2.24) is 0 Å². The second-order valence-corrected chi connectivity index (χ2v) is 2.44. The van der Waals surface area contributed by atoms with E-state index < -0.39 is 36.4 Å². The van der Waals surface area contributed by atoms with E-state index in [9.17, 15) is 24.6 Å². The number of rotatable bonds is 5. The molecule has 0 aromatic rings. The van der Waals surface area contributed by atoms with Crippen LogP contribution in [-0.2, 0) is 14.4 Å². The fourth-order valence-corrected chi connectivity index (χ4v) is 0.696. The van der Waals surface area contributed by atoms with E-state index in [4.69, 9.17) is 10.2 Å². The molecule has 0 heterocycles. The predicted octanol–water partition coefficient (Wildman–Crippen LogP) is -4.30. The third-order valence-corrected chi connectivity index (χ3v) is 1.26. The van der Waals surface area contributed by atoms with E-state index >= 15 is 0 Å². The van der Waals surface area contributed by atoms with Crippen LogP contribution in [0.15, 0.2) is 0 Å². The van der Waals surface area contributed by atoms with Gasteiger partial charge < -0.3 is 30.0 Å². The normalized spacial score (nSPS) is 13.5. The quantitative estimate of drug-likeness (QED) is 0.487. The number of carboxylic acid groups (broad SMARTS) is 3. The molecule has 2 N–H and O–H groups in total. The minimum Gasteiger partial charge on any atom is -0.550 e. The van der Waals surface area contributed by atoms with Crippen molar-refractivity contribution in [3.05, 3.63) is 0 Å². The van der Waals surface area contributed by atoms with Crippen molar-refractivity contribution in [3.8, 4) is 0 Å². The summed E-state index contributed by atoms with van der Waals surface area (Å²) in [4.78, 5) is 30.2. The van der Waals surface area contributed by atoms with Gasteiger partial charge >= 0.3 is 54.9 Å². The third kappa shape index (κ3) is 5.63. The molecule has 0 radical (unpaired) electrons. The van der Waals surface area contributed by atoms with Crippen LogP contribution >= 0.6 is 0 Å². The van der Waals surface area contributed by atoms with E-state index in [0.29, 0.717) is 0 Å². The Labute approximate surface area is 119 Å². The average Bonchev–Trinajstić information content (AvgIpc) is 1.82. The summed E-state index contributed by atoms with van der Waals surface area (Å²) in [6.07, 6.45) is -2.56. The molecule has 74 valence electrons. The van der Waals surface area contributed by atoms with E-state index in [1.54, 1.807) is 0 Å². The molecule has 0 aliphatic rings. The van der Waals surface area contributed by atoms with Crippen LogP contribution in [0.5, 0.6) is 0 Å². The maximum absolute atomic E-state index is 10.2. The van der Waals surface area contributed by atoms with Gasteiger partial charge in [0.05, 0.1) is 12.4 Å². The van der Waals surface area contributed by atoms with Gasteiger partial charge in [-0.3, -0.25) is 4.79 Å². The molecular formula is C6H6BaO7. The molecule has 0 rings (SSSR count). The van der Waals surface area contributed by atoms with Gasteiger partial charge in [-0.15, -0.1) is 0 Å². The van der Waals surface area contributed by atoms with E-state index in [-0.39, 0.29) is 48.9 Å². The van der Waals surface area contributed by atoms with Gasteiger partial charge in [0.1, 0.15) is 5.60 Å². The van der Waals surface area contributed by atoms with Crippen LogP contribution in [0.3, 0.4) is 0 Å². The molecule has 0 spiro atoms. The van der Waals surface area contributed by atoms with Crippen LogP contribution in [0.1, 0.15) is 12.8 Å². The molecule has 0 amide bonds. The van der Waals surface area contributed by atoms with Crippen molar-refractivity contribution in [1.29, 1.82) is 0 Å². The molecule has 0 saturated carbocycles. The van der Waals surface area contributed by atoms with Crippen molar-refractivity contribution >= 4 is 66.8 Å². The Balaban J connectivity index is 0. The zero-order valence-corrected chi connectivity index (χ0v) is 11.5. The predicted molar refractivity (Wildman–Crippen MR) is 37.6 cm³/mol. The second-order valence-electron chi connectivity index (χ2n) is 2.44. The van der Waals surface area contributed by atoms with Crippen LogP contribution in [0.4, 0.5) is 0 Å². The van der Waals surface area contributed by atoms with Gasteiger partial charge in [-0.05, 0) is 0 Å². The van der Waals surface area contributed by atoms with Gasteiger partial charge in [-0.2, -0.15) is 0 Å². The SMILES string of the molecule is O=C([O-])CC(O)(CC(=O)O)C(=O)[O-].[Ba+2]. The Morgan fingerprint density at radius 2 is 1.57 bits per heavy atom. The summed E-state index contributed by atoms with van der Waals surface area (Å²) in [7, 11) is 0. The van der Waals surface area contributed by atoms with Gasteiger partial charge in [-0.25, -0.2) is 0 Å². The molecule has 0 aromatic heterocycles. The third-order valence-electron chi connectivity index (χ3n) is 1.26. The Kier molecular flexibility index (Phi) is 7.52. The Morgan fingerprint density at radius 3 is 1.79 bits per heavy atom. The van der Waals surface area contributed by atoms with Crippen molar-refractivity contribution in [2.24, 2.45) is 0 Å². The maximum atomic E-state index is 10.2. The number of carboxylic acids is 3. The zero-order valence-electron chi connectivity index (χ0n) is 7.06. The molecule has 0 aromatic carbocycles. The first-order chi connectivity index (χ1) is 5.78. The molecule has 14 heavy (non-hydrogen) atoms. The van der Waals surface area contributed by atoms with E-state index in [2.05, 4.69) is 0 Å². The number of hydrogen-bond acceptors (Lipinski definition) is 6. The number of hydrogen-bond donors (Lipinski definition) is 2. The smallest absolute Gasteiger partial charge is 0.550 e. The Morgan fingerprint density at radius 1 is 1.14 bits per heavy atom. The number of aliphatic hydroxyl groups is 1. The summed E-state index contributed by atoms with van der Waals surface area (Å²) >= 11 is 0. The van der Waals surface area contributed by atoms with Crippen LogP contribution in [0.25, 0.3) is 0 Å². The van der Waals surface area contributed by atoms with E-state index in [0.717, 1.165) is 0 Å². The molecule has 0 aliphatic carbocycles. The van der Waals surface area contributed by atoms with Gasteiger partial charge in [-0.1, -0.05) is 0 Å². The standard InChI is InChI=1S/C6H8O7.Ba/c7-3(8)1-6(13,5(11)12)2-4(9)10;/h13H,1-2H2,(H,7,8)(H,9,10)(H,11,12);/q;+2/p-2. The molecule has 1 unspecified atom stereocenters. The number of carbonyl (C=O) groups excluding carboxylic acids is 2. The first-order valence-electron chi connectivity index (χ1n) is 3.13. The summed E-state index contributed by atoms with van der Waals surface area (Å²) in [5, 5.41) is 37.2. The first-order valence-corrected chi connectivity index (χ1v) is 3.13. The van der Waals surface area contributed by atoms with Crippen LogP contribution in [-0.4, -0.2) is 82.6 Å². The summed E-state index contributed by atoms with van der Waals surface area (Å²) in [5.74, 6) is -5.67. The van der Waals surface area contributed by atoms with Gasteiger partial charge in [0, 0.05) is 12.4 Å². The molecule has 0 fully saturated rings. The van der Waals surface area contributed by atoms with Crippen LogP contribution in [0.2, 0.25) is 0 Å². The molecule has 8 heteroatoms. The van der Waals surface area contributed by atoms with Crippen molar-refractivity contribution in [3.63, 3.8) is 0 Å². The van der Waals surface area contributed by atoms with Crippen molar-refractivity contribution < 1.29 is 34.8 Å². The average molecular weight is 327 g/mol. The largest absolute Gasteiger partial charge is 2.00 e. The van der Waals surface area contributed by atoms with Crippen LogP contribution in [0, 0.1) is 0 Å². The van der Waals surface area contributed by atoms with Crippen molar-refractivity contribution in [2.45, 2.75) is 18.4 Å². The molecule has 1 atom stereocenters. The first kappa shape index (κ1) is 16.4. The number of carbonyl (C=O) groups is 3. The monoisotopic (exact) mass is 328 g/mol. The topological polar surface area (TPSA) is 138 Å².